The number of H-pyrrole nitrogens is 1. The third kappa shape index (κ3) is 2.42. The van der Waals surface area contributed by atoms with E-state index in [0.717, 1.165) is 0 Å². The van der Waals surface area contributed by atoms with Gasteiger partial charge in [-0.05, 0) is 6.92 Å². The lowest BCUT2D eigenvalue weighted by atomic mass is 10.2. The van der Waals surface area contributed by atoms with Crippen molar-refractivity contribution in [2.45, 2.75) is 6.92 Å². The lowest BCUT2D eigenvalue weighted by Gasteiger charge is -2.01. The molecule has 1 N–H and O–H groups in total. The van der Waals surface area contributed by atoms with Crippen molar-refractivity contribution in [1.82, 2.24) is 15.2 Å². The number of benzene rings is 1. The number of aromatic amines is 1. The molecule has 6 heteroatoms. The van der Waals surface area contributed by atoms with Crippen molar-refractivity contribution < 1.29 is 9.53 Å². The Morgan fingerprint density at radius 2 is 2.00 bits per heavy atom. The second kappa shape index (κ2) is 5.22. The number of ether oxygens (including phenoxy) is 1. The molecule has 2 aromatic rings. The molecule has 0 aliphatic carbocycles. The first-order chi connectivity index (χ1) is 8.72. The van der Waals surface area contributed by atoms with Gasteiger partial charge >= 0.3 is 5.97 Å². The van der Waals surface area contributed by atoms with Gasteiger partial charge in [-0.15, -0.1) is 10.2 Å². The monoisotopic (exact) mass is 245 g/mol. The molecule has 1 heterocycles. The van der Waals surface area contributed by atoms with Crippen LogP contribution in [0.2, 0.25) is 0 Å². The first kappa shape index (κ1) is 12.0. The van der Waals surface area contributed by atoms with Gasteiger partial charge in [-0.3, -0.25) is 9.78 Å². The van der Waals surface area contributed by atoms with Crippen LogP contribution in [0.25, 0.3) is 11.3 Å². The second-order valence-electron chi connectivity index (χ2n) is 3.44. The summed E-state index contributed by atoms with van der Waals surface area (Å²) >= 11 is 0. The Bertz CT molecular complexity index is 607. The van der Waals surface area contributed by atoms with E-state index in [2.05, 4.69) is 15.2 Å². The number of esters is 1. The first-order valence-corrected chi connectivity index (χ1v) is 5.42. The maximum absolute atomic E-state index is 11.8. The average molecular weight is 245 g/mol. The van der Waals surface area contributed by atoms with E-state index in [-0.39, 0.29) is 18.1 Å². The molecule has 0 saturated carbocycles. The normalized spacial score (nSPS) is 10.1. The highest BCUT2D eigenvalue weighted by molar-refractivity contribution is 5.84. The number of carbonyl (C=O) groups excluding carboxylic acids is 1. The van der Waals surface area contributed by atoms with Crippen LogP contribution in [0.5, 0.6) is 0 Å². The number of hydrogen-bond donors (Lipinski definition) is 1. The average Bonchev–Trinajstić information content (AvgIpc) is 2.40. The fourth-order valence-corrected chi connectivity index (χ4v) is 1.41. The van der Waals surface area contributed by atoms with Gasteiger partial charge in [0.25, 0.3) is 5.56 Å². The van der Waals surface area contributed by atoms with E-state index < -0.39 is 11.5 Å². The fraction of sp³-hybridized carbons (Fsp3) is 0.167. The predicted molar refractivity (Wildman–Crippen MR) is 64.0 cm³/mol. The maximum Gasteiger partial charge on any atom is 0.376 e. The molecule has 0 spiro atoms. The highest BCUT2D eigenvalue weighted by Crippen LogP contribution is 2.10. The second-order valence-corrected chi connectivity index (χ2v) is 3.44. The van der Waals surface area contributed by atoms with E-state index in [4.69, 9.17) is 4.74 Å². The lowest BCUT2D eigenvalue weighted by molar-refractivity contribution is 0.0510. The number of carbonyl (C=O) groups is 1. The number of rotatable bonds is 3. The van der Waals surface area contributed by atoms with Gasteiger partial charge in [0.05, 0.1) is 6.61 Å². The SMILES string of the molecule is CCOC(=O)c1nnc(-c2ccccc2)c(=O)[nH]1. The zero-order valence-electron chi connectivity index (χ0n) is 9.71. The number of nitrogens with zero attached hydrogens (tertiary/aromatic N) is 2. The molecule has 1 aromatic carbocycles. The van der Waals surface area contributed by atoms with Crippen LogP contribution in [0.3, 0.4) is 0 Å². The Morgan fingerprint density at radius 3 is 2.61 bits per heavy atom. The molecule has 0 atom stereocenters. The van der Waals surface area contributed by atoms with Crippen LogP contribution in [-0.2, 0) is 4.74 Å². The maximum atomic E-state index is 11.8. The van der Waals surface area contributed by atoms with Crippen molar-refractivity contribution in [3.63, 3.8) is 0 Å². The van der Waals surface area contributed by atoms with Crippen molar-refractivity contribution in [3.8, 4) is 11.3 Å². The molecule has 0 aliphatic heterocycles. The van der Waals surface area contributed by atoms with Crippen molar-refractivity contribution in [3.05, 3.63) is 46.5 Å². The van der Waals surface area contributed by atoms with Crippen molar-refractivity contribution >= 4 is 5.97 Å². The molecule has 0 unspecified atom stereocenters. The van der Waals surface area contributed by atoms with Gasteiger partial charge in [-0.1, -0.05) is 30.3 Å². The quantitative estimate of drug-likeness (QED) is 0.815. The minimum atomic E-state index is -0.693. The largest absolute Gasteiger partial charge is 0.460 e. The molecule has 92 valence electrons. The number of hydrogen-bond acceptors (Lipinski definition) is 5. The molecule has 0 radical (unpaired) electrons. The van der Waals surface area contributed by atoms with Crippen molar-refractivity contribution in [2.75, 3.05) is 6.61 Å². The summed E-state index contributed by atoms with van der Waals surface area (Å²) in [5.41, 5.74) is 0.338. The molecule has 0 aliphatic rings. The zero-order valence-corrected chi connectivity index (χ0v) is 9.71. The topological polar surface area (TPSA) is 84.9 Å². The smallest absolute Gasteiger partial charge is 0.376 e. The minimum Gasteiger partial charge on any atom is -0.460 e. The summed E-state index contributed by atoms with van der Waals surface area (Å²) in [6.45, 7) is 1.88. The zero-order chi connectivity index (χ0) is 13.0. The Kier molecular flexibility index (Phi) is 3.47. The third-order valence-corrected chi connectivity index (χ3v) is 2.21. The van der Waals surface area contributed by atoms with Crippen molar-refractivity contribution in [2.24, 2.45) is 0 Å². The van der Waals surface area contributed by atoms with Crippen LogP contribution in [0.15, 0.2) is 35.1 Å². The Balaban J connectivity index is 2.38. The van der Waals surface area contributed by atoms with E-state index >= 15 is 0 Å². The Hall–Kier alpha value is -2.50. The highest BCUT2D eigenvalue weighted by Gasteiger charge is 2.13. The van der Waals surface area contributed by atoms with Crippen LogP contribution in [0.1, 0.15) is 17.5 Å². The van der Waals surface area contributed by atoms with Gasteiger partial charge in [0.1, 0.15) is 0 Å². The number of aromatic nitrogens is 3. The first-order valence-electron chi connectivity index (χ1n) is 5.42. The molecule has 6 nitrogen and oxygen atoms in total. The van der Waals surface area contributed by atoms with E-state index in [1.54, 1.807) is 31.2 Å². The molecule has 18 heavy (non-hydrogen) atoms. The van der Waals surface area contributed by atoms with E-state index in [9.17, 15) is 9.59 Å². The molecule has 0 fully saturated rings. The molecule has 0 amide bonds. The summed E-state index contributed by atoms with van der Waals surface area (Å²) in [7, 11) is 0. The Morgan fingerprint density at radius 1 is 1.28 bits per heavy atom. The van der Waals surface area contributed by atoms with Crippen LogP contribution in [0.4, 0.5) is 0 Å². The summed E-state index contributed by atoms with van der Waals surface area (Å²) in [6, 6.07) is 8.89. The van der Waals surface area contributed by atoms with E-state index in [0.29, 0.717) is 5.56 Å². The van der Waals surface area contributed by atoms with Crippen LogP contribution >= 0.6 is 0 Å². The molecular weight excluding hydrogens is 234 g/mol. The van der Waals surface area contributed by atoms with Gasteiger partial charge in [0, 0.05) is 5.56 Å². The summed E-state index contributed by atoms with van der Waals surface area (Å²) in [6.07, 6.45) is 0. The summed E-state index contributed by atoms with van der Waals surface area (Å²) in [5, 5.41) is 7.41. The van der Waals surface area contributed by atoms with E-state index in [1.807, 2.05) is 6.07 Å². The molecule has 2 rings (SSSR count). The summed E-state index contributed by atoms with van der Waals surface area (Å²) in [4.78, 5) is 25.5. The van der Waals surface area contributed by atoms with Gasteiger partial charge in [-0.2, -0.15) is 0 Å². The van der Waals surface area contributed by atoms with Crippen LogP contribution < -0.4 is 5.56 Å². The Labute approximate surface area is 103 Å². The summed E-state index contributed by atoms with van der Waals surface area (Å²) in [5.74, 6) is -0.886. The third-order valence-electron chi connectivity index (χ3n) is 2.21. The lowest BCUT2D eigenvalue weighted by Crippen LogP contribution is -2.20. The minimum absolute atomic E-state index is 0.170. The van der Waals surface area contributed by atoms with E-state index in [1.165, 1.54) is 0 Å². The standard InChI is InChI=1S/C12H11N3O3/c1-2-18-12(17)10-13-11(16)9(14-15-10)8-6-4-3-5-7-8/h3-7H,2H2,1H3,(H,13,15,16). The summed E-state index contributed by atoms with van der Waals surface area (Å²) < 4.78 is 4.72. The van der Waals surface area contributed by atoms with Gasteiger partial charge < -0.3 is 4.74 Å². The number of nitrogens with one attached hydrogen (secondary N) is 1. The van der Waals surface area contributed by atoms with Crippen LogP contribution in [-0.4, -0.2) is 27.8 Å². The molecule has 1 aromatic heterocycles. The highest BCUT2D eigenvalue weighted by atomic mass is 16.5. The van der Waals surface area contributed by atoms with Gasteiger partial charge in [0.2, 0.25) is 5.82 Å². The van der Waals surface area contributed by atoms with Crippen LogP contribution in [0, 0.1) is 0 Å². The fourth-order valence-electron chi connectivity index (χ4n) is 1.41. The van der Waals surface area contributed by atoms with Gasteiger partial charge in [0.15, 0.2) is 5.69 Å². The molecule has 0 bridgehead atoms. The molecule has 0 saturated heterocycles. The van der Waals surface area contributed by atoms with Gasteiger partial charge in [-0.25, -0.2) is 4.79 Å². The van der Waals surface area contributed by atoms with Crippen molar-refractivity contribution in [1.29, 1.82) is 0 Å². The predicted octanol–water partition coefficient (Wildman–Crippen LogP) is 1.01. The molecular formula is C12H11N3O3.